The van der Waals surface area contributed by atoms with Crippen LogP contribution in [0, 0.1) is 0 Å². The molecule has 1 aliphatic heterocycles. The molecule has 0 unspecified atom stereocenters. The third-order valence-electron chi connectivity index (χ3n) is 6.18. The molecule has 0 bridgehead atoms. The lowest BCUT2D eigenvalue weighted by molar-refractivity contribution is 0.0730. The predicted octanol–water partition coefficient (Wildman–Crippen LogP) is 3.36. The van der Waals surface area contributed by atoms with Crippen LogP contribution < -0.4 is 10.2 Å². The van der Waals surface area contributed by atoms with Crippen LogP contribution in [-0.2, 0) is 14.8 Å². The summed E-state index contributed by atoms with van der Waals surface area (Å²) in [6, 6.07) is 19.6. The third kappa shape index (κ3) is 4.58. The van der Waals surface area contributed by atoms with Gasteiger partial charge in [-0.2, -0.15) is 4.31 Å². The maximum absolute atomic E-state index is 13.3. The number of morpholine rings is 1. The van der Waals surface area contributed by atoms with E-state index < -0.39 is 10.0 Å². The van der Waals surface area contributed by atoms with E-state index in [9.17, 15) is 13.2 Å². The van der Waals surface area contributed by atoms with E-state index in [2.05, 4.69) is 10.3 Å². The van der Waals surface area contributed by atoms with Crippen LogP contribution in [0.15, 0.2) is 78.0 Å². The van der Waals surface area contributed by atoms with Crippen molar-refractivity contribution in [2.24, 2.45) is 0 Å². The lowest BCUT2D eigenvalue weighted by Crippen LogP contribution is -2.40. The number of sulfonamides is 1. The van der Waals surface area contributed by atoms with Crippen LogP contribution >= 0.6 is 0 Å². The summed E-state index contributed by atoms with van der Waals surface area (Å²) < 4.78 is 35.2. The van der Waals surface area contributed by atoms with Gasteiger partial charge in [-0.15, -0.1) is 0 Å². The van der Waals surface area contributed by atoms with E-state index in [0.29, 0.717) is 30.2 Å². The minimum Gasteiger partial charge on any atom is -0.379 e. The number of imidazole rings is 1. The second-order valence-electron chi connectivity index (χ2n) is 8.69. The molecule has 0 aliphatic carbocycles. The highest BCUT2D eigenvalue weighted by Crippen LogP contribution is 2.29. The van der Waals surface area contributed by atoms with Gasteiger partial charge in [0.1, 0.15) is 6.33 Å². The van der Waals surface area contributed by atoms with Crippen LogP contribution in [0.3, 0.4) is 0 Å². The Kier molecular flexibility index (Phi) is 6.48. The highest BCUT2D eigenvalue weighted by molar-refractivity contribution is 7.89. The van der Waals surface area contributed by atoms with Crippen LogP contribution in [0.25, 0.3) is 16.7 Å². The fourth-order valence-electron chi connectivity index (χ4n) is 4.18. The van der Waals surface area contributed by atoms with Gasteiger partial charge in [0, 0.05) is 38.4 Å². The summed E-state index contributed by atoms with van der Waals surface area (Å²) in [5.74, 6) is -0.341. The summed E-state index contributed by atoms with van der Waals surface area (Å²) in [5.41, 5.74) is 4.04. The number of aromatic nitrogens is 2. The van der Waals surface area contributed by atoms with E-state index in [4.69, 9.17) is 4.74 Å². The Bertz CT molecular complexity index is 1510. The third-order valence-corrected chi connectivity index (χ3v) is 8.08. The number of nitrogens with one attached hydrogen (secondary N) is 1. The van der Waals surface area contributed by atoms with Crippen molar-refractivity contribution in [2.75, 3.05) is 50.6 Å². The monoisotopic (exact) mass is 505 g/mol. The first kappa shape index (κ1) is 24.0. The van der Waals surface area contributed by atoms with E-state index in [1.807, 2.05) is 60.0 Å². The van der Waals surface area contributed by atoms with E-state index in [-0.39, 0.29) is 23.9 Å². The summed E-state index contributed by atoms with van der Waals surface area (Å²) in [6.07, 6.45) is 1.66. The fraction of sp³-hybridized carbons (Fsp3) is 0.231. The topological polar surface area (TPSA) is 96.8 Å². The number of carbonyl (C=O) groups excluding carboxylic acids is 1. The van der Waals surface area contributed by atoms with Gasteiger partial charge in [0.25, 0.3) is 5.91 Å². The summed E-state index contributed by atoms with van der Waals surface area (Å²) in [5, 5.41) is 2.94. The average Bonchev–Trinajstić information content (AvgIpc) is 3.33. The molecular formula is C26H27N5O4S. The Labute approximate surface area is 210 Å². The molecule has 186 valence electrons. The van der Waals surface area contributed by atoms with Gasteiger partial charge in [-0.25, -0.2) is 13.4 Å². The molecule has 1 aliphatic rings. The first-order valence-electron chi connectivity index (χ1n) is 11.6. The summed E-state index contributed by atoms with van der Waals surface area (Å²) in [6.45, 7) is 1.28. The molecule has 2 heterocycles. The van der Waals surface area contributed by atoms with Gasteiger partial charge in [0.15, 0.2) is 0 Å². The lowest BCUT2D eigenvalue weighted by Gasteiger charge is -2.26. The molecule has 1 fully saturated rings. The number of ether oxygens (including phenoxy) is 1. The molecule has 4 aromatic rings. The Morgan fingerprint density at radius 1 is 1.00 bits per heavy atom. The molecule has 1 amide bonds. The second-order valence-corrected chi connectivity index (χ2v) is 10.6. The molecule has 1 saturated heterocycles. The molecule has 9 nitrogen and oxygen atoms in total. The minimum atomic E-state index is -3.76. The van der Waals surface area contributed by atoms with Gasteiger partial charge in [-0.3, -0.25) is 9.36 Å². The van der Waals surface area contributed by atoms with E-state index in [0.717, 1.165) is 16.7 Å². The number of benzene rings is 3. The number of hydrogen-bond acceptors (Lipinski definition) is 6. The van der Waals surface area contributed by atoms with Crippen molar-refractivity contribution in [3.8, 4) is 5.69 Å². The average molecular weight is 506 g/mol. The number of anilines is 2. The SMILES string of the molecule is CN(C)c1ccc(C(=O)Nc2cc(S(=O)(=O)N3CCOCC3)ccc2-n2cnc3ccccc32)cc1. The molecule has 3 aromatic carbocycles. The van der Waals surface area contributed by atoms with Crippen LogP contribution in [0.4, 0.5) is 11.4 Å². The van der Waals surface area contributed by atoms with Gasteiger partial charge in [-0.05, 0) is 54.6 Å². The number of carbonyl (C=O) groups is 1. The first-order chi connectivity index (χ1) is 17.3. The number of rotatable bonds is 6. The van der Waals surface area contributed by atoms with E-state index in [1.165, 1.54) is 10.4 Å². The summed E-state index contributed by atoms with van der Waals surface area (Å²) in [4.78, 5) is 19.7. The second kappa shape index (κ2) is 9.73. The number of hydrogen-bond donors (Lipinski definition) is 1. The van der Waals surface area contributed by atoms with E-state index >= 15 is 0 Å². The maximum atomic E-state index is 13.3. The normalized spacial score (nSPS) is 14.6. The van der Waals surface area contributed by atoms with Crippen molar-refractivity contribution in [1.82, 2.24) is 13.9 Å². The van der Waals surface area contributed by atoms with Crippen LogP contribution in [0.5, 0.6) is 0 Å². The molecule has 5 rings (SSSR count). The number of fused-ring (bicyclic) bond motifs is 1. The van der Waals surface area contributed by atoms with Crippen molar-refractivity contribution in [3.63, 3.8) is 0 Å². The first-order valence-corrected chi connectivity index (χ1v) is 13.0. The molecule has 1 aromatic heterocycles. The Morgan fingerprint density at radius 2 is 1.72 bits per heavy atom. The predicted molar refractivity (Wildman–Crippen MR) is 139 cm³/mol. The molecular weight excluding hydrogens is 478 g/mol. The van der Waals surface area contributed by atoms with Gasteiger partial charge >= 0.3 is 0 Å². The lowest BCUT2D eigenvalue weighted by atomic mass is 10.1. The molecule has 0 atom stereocenters. The van der Waals surface area contributed by atoms with Gasteiger partial charge in [0.2, 0.25) is 10.0 Å². The van der Waals surface area contributed by atoms with Gasteiger partial charge in [-0.1, -0.05) is 12.1 Å². The zero-order valence-electron chi connectivity index (χ0n) is 20.1. The molecule has 10 heteroatoms. The smallest absolute Gasteiger partial charge is 0.255 e. The standard InChI is InChI=1S/C26H27N5O4S/c1-29(2)20-9-7-19(8-10-20)26(32)28-23-17-21(36(33,34)30-13-15-35-16-14-30)11-12-25(23)31-18-27-22-5-3-4-6-24(22)31/h3-12,17-18H,13-16H2,1-2H3,(H,28,32). The minimum absolute atomic E-state index is 0.107. The van der Waals surface area contributed by atoms with Crippen molar-refractivity contribution in [1.29, 1.82) is 0 Å². The van der Waals surface area contributed by atoms with Crippen molar-refractivity contribution < 1.29 is 17.9 Å². The Balaban J connectivity index is 1.56. The van der Waals surface area contributed by atoms with Crippen molar-refractivity contribution in [2.45, 2.75) is 4.90 Å². The van der Waals surface area contributed by atoms with E-state index in [1.54, 1.807) is 30.6 Å². The Morgan fingerprint density at radius 3 is 2.44 bits per heavy atom. The Hall–Kier alpha value is -3.73. The van der Waals surface area contributed by atoms with Crippen LogP contribution in [0.1, 0.15) is 10.4 Å². The molecule has 0 spiro atoms. The van der Waals surface area contributed by atoms with Crippen LogP contribution in [0.2, 0.25) is 0 Å². The maximum Gasteiger partial charge on any atom is 0.255 e. The van der Waals surface area contributed by atoms with Gasteiger partial charge in [0.05, 0.1) is 40.5 Å². The zero-order valence-corrected chi connectivity index (χ0v) is 20.9. The van der Waals surface area contributed by atoms with Gasteiger partial charge < -0.3 is 15.0 Å². The number of para-hydroxylation sites is 2. The zero-order chi connectivity index (χ0) is 25.3. The summed E-state index contributed by atoms with van der Waals surface area (Å²) in [7, 11) is 0.0990. The highest BCUT2D eigenvalue weighted by Gasteiger charge is 2.27. The number of nitrogens with zero attached hydrogens (tertiary/aromatic N) is 4. The number of amides is 1. The molecule has 0 saturated carbocycles. The fourth-order valence-corrected chi connectivity index (χ4v) is 5.61. The van der Waals surface area contributed by atoms with Crippen molar-refractivity contribution >= 4 is 38.3 Å². The highest BCUT2D eigenvalue weighted by atomic mass is 32.2. The quantitative estimate of drug-likeness (QED) is 0.432. The van der Waals surface area contributed by atoms with Crippen molar-refractivity contribution in [3.05, 3.63) is 78.6 Å². The summed E-state index contributed by atoms with van der Waals surface area (Å²) >= 11 is 0. The molecule has 1 N–H and O–H groups in total. The molecule has 0 radical (unpaired) electrons. The van der Waals surface area contributed by atoms with Crippen LogP contribution in [-0.4, -0.2) is 68.6 Å². The molecule has 36 heavy (non-hydrogen) atoms. The largest absolute Gasteiger partial charge is 0.379 e.